The van der Waals surface area contributed by atoms with Crippen molar-refractivity contribution in [2.45, 2.75) is 6.54 Å². The van der Waals surface area contributed by atoms with Crippen molar-refractivity contribution in [1.82, 2.24) is 0 Å². The molecule has 1 heterocycles. The number of fused-ring (bicyclic) bond motifs is 1. The zero-order valence-corrected chi connectivity index (χ0v) is 11.9. The average Bonchev–Trinajstić information content (AvgIpc) is 2.88. The minimum Gasteiger partial charge on any atom is -0.363 e. The second-order valence-electron chi connectivity index (χ2n) is 4.97. The van der Waals surface area contributed by atoms with Crippen molar-refractivity contribution in [3.05, 3.63) is 77.2 Å². The number of carbonyl (C=O) groups excluding carboxylic acids is 1. The smallest absolute Gasteiger partial charge is 0.363 e. The number of urea groups is 1. The summed E-state index contributed by atoms with van der Waals surface area (Å²) in [5, 5.41) is 1.17. The maximum atomic E-state index is 13.0. The Bertz CT molecular complexity index is 843. The molecule has 0 fully saturated rings. The first-order chi connectivity index (χ1) is 10.7. The highest BCUT2D eigenvalue weighted by molar-refractivity contribution is 5.77. The molecule has 0 spiro atoms. The summed E-state index contributed by atoms with van der Waals surface area (Å²) < 4.78 is 13.0. The number of amides is 2. The highest BCUT2D eigenvalue weighted by atomic mass is 19.1. The predicted molar refractivity (Wildman–Crippen MR) is 81.8 cm³/mol. The van der Waals surface area contributed by atoms with Gasteiger partial charge in [0, 0.05) is 18.8 Å². The lowest BCUT2D eigenvalue weighted by molar-refractivity contribution is 0.256. The Morgan fingerprint density at radius 1 is 1.09 bits per heavy atom. The summed E-state index contributed by atoms with van der Waals surface area (Å²) in [5.74, 6) is -0.254. The highest BCUT2D eigenvalue weighted by Gasteiger charge is 2.10. The van der Waals surface area contributed by atoms with Gasteiger partial charge in [-0.15, -0.1) is 6.58 Å². The van der Waals surface area contributed by atoms with Crippen LogP contribution in [0.3, 0.4) is 0 Å². The van der Waals surface area contributed by atoms with Gasteiger partial charge in [-0.2, -0.15) is 9.98 Å². The first-order valence-electron chi connectivity index (χ1n) is 6.87. The molecule has 0 radical (unpaired) electrons. The van der Waals surface area contributed by atoms with E-state index in [1.54, 1.807) is 24.3 Å². The number of hydrogen-bond acceptors (Lipinski definition) is 2. The Hall–Kier alpha value is -2.82. The van der Waals surface area contributed by atoms with Gasteiger partial charge in [0.1, 0.15) is 5.82 Å². The second kappa shape index (κ2) is 5.89. The fourth-order valence-electron chi connectivity index (χ4n) is 2.35. The Kier molecular flexibility index (Phi) is 3.78. The standard InChI is InChI=1S/C17H14FN3O/c1-2-9-21(11-12-3-5-13(18)6-4-12)14-7-8-15-16(10-14)20-17(22)19-15/h2-8,10H,1,9,11H2. The molecule has 0 aliphatic carbocycles. The monoisotopic (exact) mass is 295 g/mol. The summed E-state index contributed by atoms with van der Waals surface area (Å²) in [6.07, 6.45) is 1.80. The molecule has 0 unspecified atom stereocenters. The van der Waals surface area contributed by atoms with Crippen LogP contribution in [0.4, 0.5) is 14.9 Å². The van der Waals surface area contributed by atoms with E-state index >= 15 is 0 Å². The number of nitrogens with zero attached hydrogens (tertiary/aromatic N) is 3. The lowest BCUT2D eigenvalue weighted by Gasteiger charge is -2.23. The van der Waals surface area contributed by atoms with E-state index in [1.165, 1.54) is 12.1 Å². The van der Waals surface area contributed by atoms with E-state index in [0.29, 0.717) is 23.8 Å². The van der Waals surface area contributed by atoms with E-state index in [1.807, 2.05) is 12.1 Å². The molecule has 2 aromatic rings. The normalized spacial score (nSPS) is 12.3. The van der Waals surface area contributed by atoms with Gasteiger partial charge in [0.05, 0.1) is 10.7 Å². The van der Waals surface area contributed by atoms with Crippen molar-refractivity contribution in [3.63, 3.8) is 0 Å². The lowest BCUT2D eigenvalue weighted by Crippen LogP contribution is -2.27. The summed E-state index contributed by atoms with van der Waals surface area (Å²) in [7, 11) is 0. The molecular weight excluding hydrogens is 281 g/mol. The molecule has 110 valence electrons. The minimum absolute atomic E-state index is 0.254. The van der Waals surface area contributed by atoms with Crippen LogP contribution >= 0.6 is 0 Å². The quantitative estimate of drug-likeness (QED) is 0.795. The Balaban J connectivity index is 1.92. The highest BCUT2D eigenvalue weighted by Crippen LogP contribution is 2.15. The zero-order chi connectivity index (χ0) is 15.5. The van der Waals surface area contributed by atoms with Crippen LogP contribution in [0.15, 0.2) is 65.1 Å². The molecule has 0 atom stereocenters. The van der Waals surface area contributed by atoms with Gasteiger partial charge in [0.25, 0.3) is 0 Å². The van der Waals surface area contributed by atoms with Gasteiger partial charge in [0.2, 0.25) is 0 Å². The molecule has 0 saturated heterocycles. The van der Waals surface area contributed by atoms with Crippen molar-refractivity contribution >= 4 is 11.7 Å². The van der Waals surface area contributed by atoms with E-state index in [0.717, 1.165) is 11.3 Å². The molecule has 1 aliphatic rings. The van der Waals surface area contributed by atoms with E-state index < -0.39 is 6.03 Å². The Labute approximate surface area is 126 Å². The number of carbonyl (C=O) groups is 1. The maximum Gasteiger partial charge on any atom is 0.368 e. The molecule has 1 aliphatic heterocycles. The summed E-state index contributed by atoms with van der Waals surface area (Å²) in [4.78, 5) is 21.0. The Morgan fingerprint density at radius 2 is 1.82 bits per heavy atom. The molecule has 0 N–H and O–H groups in total. The summed E-state index contributed by atoms with van der Waals surface area (Å²) in [6.45, 7) is 5.00. The van der Waals surface area contributed by atoms with Crippen molar-refractivity contribution in [3.8, 4) is 0 Å². The number of anilines is 1. The molecule has 22 heavy (non-hydrogen) atoms. The fraction of sp³-hybridized carbons (Fsp3) is 0.118. The number of benzene rings is 2. The van der Waals surface area contributed by atoms with Gasteiger partial charge in [-0.3, -0.25) is 0 Å². The van der Waals surface area contributed by atoms with Gasteiger partial charge in [-0.05, 0) is 35.9 Å². The molecule has 0 aromatic heterocycles. The van der Waals surface area contributed by atoms with Crippen LogP contribution in [0, 0.1) is 5.82 Å². The Morgan fingerprint density at radius 3 is 2.55 bits per heavy atom. The second-order valence-corrected chi connectivity index (χ2v) is 4.97. The van der Waals surface area contributed by atoms with E-state index in [9.17, 15) is 9.18 Å². The lowest BCUT2D eigenvalue weighted by atomic mass is 10.2. The molecule has 2 aromatic carbocycles. The molecule has 4 nitrogen and oxygen atoms in total. The molecule has 5 heteroatoms. The SMILES string of the molecule is C=CCN(Cc1ccc(F)cc1)c1ccc2c(c1)=NC(=O)N=2. The number of halogens is 1. The molecule has 3 rings (SSSR count). The summed E-state index contributed by atoms with van der Waals surface area (Å²) >= 11 is 0. The van der Waals surface area contributed by atoms with Gasteiger partial charge >= 0.3 is 6.03 Å². The van der Waals surface area contributed by atoms with Crippen LogP contribution in [-0.2, 0) is 6.54 Å². The van der Waals surface area contributed by atoms with Gasteiger partial charge in [0.15, 0.2) is 0 Å². The van der Waals surface area contributed by atoms with Crippen LogP contribution in [0.1, 0.15) is 5.56 Å². The van der Waals surface area contributed by atoms with Crippen LogP contribution in [-0.4, -0.2) is 12.6 Å². The fourth-order valence-corrected chi connectivity index (χ4v) is 2.35. The van der Waals surface area contributed by atoms with Crippen molar-refractivity contribution in [2.75, 3.05) is 11.4 Å². The van der Waals surface area contributed by atoms with Gasteiger partial charge < -0.3 is 4.90 Å². The van der Waals surface area contributed by atoms with Crippen molar-refractivity contribution in [2.24, 2.45) is 9.98 Å². The maximum absolute atomic E-state index is 13.0. The average molecular weight is 295 g/mol. The van der Waals surface area contributed by atoms with Gasteiger partial charge in [-0.1, -0.05) is 18.2 Å². The minimum atomic E-state index is -0.471. The first-order valence-corrected chi connectivity index (χ1v) is 6.87. The molecule has 0 saturated carbocycles. The third kappa shape index (κ3) is 2.93. The summed E-state index contributed by atoms with van der Waals surface area (Å²) in [5.41, 5.74) is 1.90. The zero-order valence-electron chi connectivity index (χ0n) is 11.9. The predicted octanol–water partition coefficient (Wildman–Crippen LogP) is 2.39. The van der Waals surface area contributed by atoms with E-state index in [2.05, 4.69) is 21.5 Å². The third-order valence-corrected chi connectivity index (χ3v) is 3.39. The van der Waals surface area contributed by atoms with Crippen LogP contribution in [0.2, 0.25) is 0 Å². The van der Waals surface area contributed by atoms with Crippen LogP contribution < -0.4 is 15.6 Å². The van der Waals surface area contributed by atoms with Crippen LogP contribution in [0.25, 0.3) is 0 Å². The number of hydrogen-bond donors (Lipinski definition) is 0. The molecular formula is C17H14FN3O. The topological polar surface area (TPSA) is 45.0 Å². The van der Waals surface area contributed by atoms with Crippen LogP contribution in [0.5, 0.6) is 0 Å². The van der Waals surface area contributed by atoms with Crippen molar-refractivity contribution in [1.29, 1.82) is 0 Å². The third-order valence-electron chi connectivity index (χ3n) is 3.39. The number of rotatable bonds is 5. The van der Waals surface area contributed by atoms with E-state index in [-0.39, 0.29) is 5.82 Å². The van der Waals surface area contributed by atoms with Gasteiger partial charge in [-0.25, -0.2) is 9.18 Å². The summed E-state index contributed by atoms with van der Waals surface area (Å²) in [6, 6.07) is 11.4. The first kappa shape index (κ1) is 14.1. The molecule has 2 amide bonds. The largest absolute Gasteiger partial charge is 0.368 e. The molecule has 0 bridgehead atoms. The van der Waals surface area contributed by atoms with E-state index in [4.69, 9.17) is 0 Å². The van der Waals surface area contributed by atoms with Crippen molar-refractivity contribution < 1.29 is 9.18 Å².